The third-order valence-electron chi connectivity index (χ3n) is 3.38. The SMILES string of the molecule is CCc1ccc(CC(O)C(O)c2ccccc2)cc1. The van der Waals surface area contributed by atoms with Gasteiger partial charge in [-0.25, -0.2) is 0 Å². The molecule has 0 spiro atoms. The quantitative estimate of drug-likeness (QED) is 0.863. The third kappa shape index (κ3) is 3.66. The summed E-state index contributed by atoms with van der Waals surface area (Å²) >= 11 is 0. The molecule has 0 heterocycles. The van der Waals surface area contributed by atoms with Gasteiger partial charge in [0.15, 0.2) is 0 Å². The van der Waals surface area contributed by atoms with Crippen molar-refractivity contribution in [3.63, 3.8) is 0 Å². The van der Waals surface area contributed by atoms with Crippen LogP contribution in [0.3, 0.4) is 0 Å². The van der Waals surface area contributed by atoms with Crippen molar-refractivity contribution >= 4 is 0 Å². The Balaban J connectivity index is 2.01. The summed E-state index contributed by atoms with van der Waals surface area (Å²) in [7, 11) is 0. The van der Waals surface area contributed by atoms with Crippen molar-refractivity contribution in [3.8, 4) is 0 Å². The fourth-order valence-corrected chi connectivity index (χ4v) is 2.14. The third-order valence-corrected chi connectivity index (χ3v) is 3.38. The molecule has 2 aromatic rings. The molecule has 0 saturated carbocycles. The number of hydrogen-bond acceptors (Lipinski definition) is 2. The van der Waals surface area contributed by atoms with Crippen molar-refractivity contribution in [2.45, 2.75) is 32.0 Å². The van der Waals surface area contributed by atoms with Crippen molar-refractivity contribution in [2.24, 2.45) is 0 Å². The number of rotatable bonds is 5. The maximum absolute atomic E-state index is 10.1. The van der Waals surface area contributed by atoms with Gasteiger partial charge in [0.2, 0.25) is 0 Å². The second kappa shape index (κ2) is 6.50. The summed E-state index contributed by atoms with van der Waals surface area (Å²) < 4.78 is 0. The summed E-state index contributed by atoms with van der Waals surface area (Å²) in [4.78, 5) is 0. The van der Waals surface area contributed by atoms with Gasteiger partial charge < -0.3 is 10.2 Å². The second-order valence-electron chi connectivity index (χ2n) is 4.80. The summed E-state index contributed by atoms with van der Waals surface area (Å²) in [5.41, 5.74) is 3.07. The molecule has 0 bridgehead atoms. The second-order valence-corrected chi connectivity index (χ2v) is 4.80. The van der Waals surface area contributed by atoms with E-state index in [2.05, 4.69) is 19.1 Å². The van der Waals surface area contributed by atoms with Gasteiger partial charge in [-0.3, -0.25) is 0 Å². The molecule has 0 fully saturated rings. The molecule has 2 heteroatoms. The van der Waals surface area contributed by atoms with Gasteiger partial charge in [0.1, 0.15) is 6.10 Å². The van der Waals surface area contributed by atoms with E-state index >= 15 is 0 Å². The molecule has 19 heavy (non-hydrogen) atoms. The van der Waals surface area contributed by atoms with Crippen molar-refractivity contribution in [1.82, 2.24) is 0 Å². The lowest BCUT2D eigenvalue weighted by Crippen LogP contribution is -2.20. The van der Waals surface area contributed by atoms with Crippen LogP contribution in [0.1, 0.15) is 29.7 Å². The Kier molecular flexibility index (Phi) is 4.72. The minimum absolute atomic E-state index is 0.458. The highest BCUT2D eigenvalue weighted by Gasteiger charge is 2.18. The Morgan fingerprint density at radius 2 is 1.42 bits per heavy atom. The smallest absolute Gasteiger partial charge is 0.105 e. The van der Waals surface area contributed by atoms with Gasteiger partial charge in [0, 0.05) is 6.42 Å². The van der Waals surface area contributed by atoms with Crippen molar-refractivity contribution < 1.29 is 10.2 Å². The number of aliphatic hydroxyl groups excluding tert-OH is 2. The Labute approximate surface area is 114 Å². The van der Waals surface area contributed by atoms with E-state index in [0.29, 0.717) is 6.42 Å². The van der Waals surface area contributed by atoms with Crippen LogP contribution in [0.15, 0.2) is 54.6 Å². The van der Waals surface area contributed by atoms with Crippen LogP contribution in [-0.2, 0) is 12.8 Å². The first-order valence-corrected chi connectivity index (χ1v) is 6.69. The highest BCUT2D eigenvalue weighted by Crippen LogP contribution is 2.19. The number of hydrogen-bond donors (Lipinski definition) is 2. The van der Waals surface area contributed by atoms with E-state index in [1.165, 1.54) is 5.56 Å². The molecule has 2 N–H and O–H groups in total. The zero-order valence-corrected chi connectivity index (χ0v) is 11.2. The minimum atomic E-state index is -0.841. The molecule has 0 aliphatic carbocycles. The van der Waals surface area contributed by atoms with E-state index in [0.717, 1.165) is 17.5 Å². The zero-order chi connectivity index (χ0) is 13.7. The Hall–Kier alpha value is -1.64. The molecule has 0 aromatic heterocycles. The van der Waals surface area contributed by atoms with E-state index in [1.807, 2.05) is 42.5 Å². The van der Waals surface area contributed by atoms with Crippen LogP contribution in [0.4, 0.5) is 0 Å². The van der Waals surface area contributed by atoms with Gasteiger partial charge in [-0.05, 0) is 23.1 Å². The fraction of sp³-hybridized carbons (Fsp3) is 0.294. The van der Waals surface area contributed by atoms with Crippen molar-refractivity contribution in [2.75, 3.05) is 0 Å². The lowest BCUT2D eigenvalue weighted by molar-refractivity contribution is 0.0190. The first-order valence-electron chi connectivity index (χ1n) is 6.69. The summed E-state index contributed by atoms with van der Waals surface area (Å²) in [6.07, 6.45) is -0.155. The molecule has 2 atom stereocenters. The van der Waals surface area contributed by atoms with Gasteiger partial charge in [-0.2, -0.15) is 0 Å². The molecule has 2 nitrogen and oxygen atoms in total. The molecule has 0 amide bonds. The monoisotopic (exact) mass is 256 g/mol. The molecular formula is C17H20O2. The van der Waals surface area contributed by atoms with Crippen LogP contribution < -0.4 is 0 Å². The molecule has 0 radical (unpaired) electrons. The van der Waals surface area contributed by atoms with E-state index in [-0.39, 0.29) is 0 Å². The van der Waals surface area contributed by atoms with Crippen molar-refractivity contribution in [1.29, 1.82) is 0 Å². The Morgan fingerprint density at radius 3 is 2.00 bits per heavy atom. The highest BCUT2D eigenvalue weighted by molar-refractivity contribution is 5.24. The fourth-order valence-electron chi connectivity index (χ4n) is 2.14. The van der Waals surface area contributed by atoms with Gasteiger partial charge in [0.25, 0.3) is 0 Å². The molecule has 100 valence electrons. The first-order chi connectivity index (χ1) is 9.20. The maximum Gasteiger partial charge on any atom is 0.105 e. The summed E-state index contributed by atoms with van der Waals surface area (Å²) in [6.45, 7) is 2.11. The average molecular weight is 256 g/mol. The van der Waals surface area contributed by atoms with Crippen LogP contribution in [0.2, 0.25) is 0 Å². The Morgan fingerprint density at radius 1 is 0.842 bits per heavy atom. The van der Waals surface area contributed by atoms with Crippen LogP contribution in [-0.4, -0.2) is 16.3 Å². The van der Waals surface area contributed by atoms with Gasteiger partial charge in [0.05, 0.1) is 6.10 Å². The predicted molar refractivity (Wildman–Crippen MR) is 76.9 cm³/mol. The lowest BCUT2D eigenvalue weighted by atomic mass is 9.98. The summed E-state index contributed by atoms with van der Waals surface area (Å²) in [5, 5.41) is 20.2. The van der Waals surface area contributed by atoms with Crippen LogP contribution in [0.5, 0.6) is 0 Å². The number of benzene rings is 2. The predicted octanol–water partition coefficient (Wildman–Crippen LogP) is 2.89. The maximum atomic E-state index is 10.1. The van der Waals surface area contributed by atoms with E-state index in [4.69, 9.17) is 0 Å². The Bertz CT molecular complexity index is 490. The van der Waals surface area contributed by atoms with E-state index in [9.17, 15) is 10.2 Å². The molecule has 2 aromatic carbocycles. The van der Waals surface area contributed by atoms with Crippen LogP contribution in [0.25, 0.3) is 0 Å². The van der Waals surface area contributed by atoms with Gasteiger partial charge in [-0.1, -0.05) is 61.5 Å². The van der Waals surface area contributed by atoms with E-state index in [1.54, 1.807) is 0 Å². The molecule has 0 aliphatic heterocycles. The topological polar surface area (TPSA) is 40.5 Å². The highest BCUT2D eigenvalue weighted by atomic mass is 16.3. The van der Waals surface area contributed by atoms with Gasteiger partial charge in [-0.15, -0.1) is 0 Å². The molecule has 2 unspecified atom stereocenters. The summed E-state index contributed by atoms with van der Waals surface area (Å²) in [6, 6.07) is 17.4. The first kappa shape index (κ1) is 13.8. The molecular weight excluding hydrogens is 236 g/mol. The van der Waals surface area contributed by atoms with Crippen LogP contribution >= 0.6 is 0 Å². The zero-order valence-electron chi connectivity index (χ0n) is 11.2. The average Bonchev–Trinajstić information content (AvgIpc) is 2.48. The van der Waals surface area contributed by atoms with Crippen molar-refractivity contribution in [3.05, 3.63) is 71.3 Å². The van der Waals surface area contributed by atoms with Gasteiger partial charge >= 0.3 is 0 Å². The molecule has 0 saturated heterocycles. The normalized spacial score (nSPS) is 14.1. The van der Waals surface area contributed by atoms with E-state index < -0.39 is 12.2 Å². The van der Waals surface area contributed by atoms with Crippen LogP contribution in [0, 0.1) is 0 Å². The standard InChI is InChI=1S/C17H20O2/c1-2-13-8-10-14(11-9-13)12-16(18)17(19)15-6-4-3-5-7-15/h3-11,16-19H,2,12H2,1H3. The molecule has 2 rings (SSSR count). The number of aliphatic hydroxyl groups is 2. The minimum Gasteiger partial charge on any atom is -0.390 e. The molecule has 0 aliphatic rings. The number of aryl methyl sites for hydroxylation is 1. The lowest BCUT2D eigenvalue weighted by Gasteiger charge is -2.18. The summed E-state index contributed by atoms with van der Waals surface area (Å²) in [5.74, 6) is 0. The largest absolute Gasteiger partial charge is 0.390 e.